The van der Waals surface area contributed by atoms with Crippen LogP contribution in [-0.4, -0.2) is 10.4 Å². The molecule has 0 aliphatic rings. The summed E-state index contributed by atoms with van der Waals surface area (Å²) in [6.45, 7) is 1.56. The fraction of sp³-hybridized carbons (Fsp3) is 0.143. The molecule has 96 valence electrons. The fourth-order valence-electron chi connectivity index (χ4n) is 1.87. The predicted molar refractivity (Wildman–Crippen MR) is 64.5 cm³/mol. The van der Waals surface area contributed by atoms with Crippen molar-refractivity contribution in [3.63, 3.8) is 0 Å². The zero-order valence-corrected chi connectivity index (χ0v) is 10.1. The Balaban J connectivity index is 2.37. The molecule has 0 fully saturated rings. The summed E-state index contributed by atoms with van der Waals surface area (Å²) in [6, 6.07) is 7.21. The number of hydrogen-bond acceptors (Lipinski definition) is 2. The molecular formula is C14H10F2N2O. The van der Waals surface area contributed by atoms with Crippen molar-refractivity contribution in [3.05, 3.63) is 59.4 Å². The Kier molecular flexibility index (Phi) is 3.43. The van der Waals surface area contributed by atoms with Crippen LogP contribution in [0.25, 0.3) is 0 Å². The van der Waals surface area contributed by atoms with Crippen LogP contribution in [0.3, 0.4) is 0 Å². The van der Waals surface area contributed by atoms with E-state index >= 15 is 0 Å². The van der Waals surface area contributed by atoms with E-state index in [-0.39, 0.29) is 5.56 Å². The molecule has 3 nitrogen and oxygen atoms in total. The Morgan fingerprint density at radius 1 is 1.37 bits per heavy atom. The standard InChI is InChI=1S/C14H10F2N2O/c1-9(18-6-2-3-11(18)8-17)14(19)12-5-4-10(15)7-13(12)16/h2-7,9H,1H3. The summed E-state index contributed by atoms with van der Waals surface area (Å²) < 4.78 is 27.8. The van der Waals surface area contributed by atoms with Gasteiger partial charge in [-0.15, -0.1) is 0 Å². The summed E-state index contributed by atoms with van der Waals surface area (Å²) in [5.41, 5.74) is 0.120. The van der Waals surface area contributed by atoms with E-state index in [1.54, 1.807) is 25.3 Å². The van der Waals surface area contributed by atoms with Crippen LogP contribution in [0.2, 0.25) is 0 Å². The number of carbonyl (C=O) groups excluding carboxylic acids is 1. The minimum Gasteiger partial charge on any atom is -0.329 e. The first kappa shape index (κ1) is 13.0. The summed E-state index contributed by atoms with van der Waals surface area (Å²) in [5, 5.41) is 8.89. The number of benzene rings is 1. The molecular weight excluding hydrogens is 250 g/mol. The molecule has 0 N–H and O–H groups in total. The van der Waals surface area contributed by atoms with Crippen molar-refractivity contribution in [2.45, 2.75) is 13.0 Å². The molecule has 1 aromatic heterocycles. The van der Waals surface area contributed by atoms with E-state index in [1.807, 2.05) is 6.07 Å². The molecule has 0 radical (unpaired) electrons. The molecule has 2 aromatic rings. The molecule has 0 aliphatic carbocycles. The minimum atomic E-state index is -0.900. The van der Waals surface area contributed by atoms with Crippen molar-refractivity contribution in [2.24, 2.45) is 0 Å². The summed E-state index contributed by atoms with van der Waals surface area (Å²) in [6.07, 6.45) is 1.57. The average Bonchev–Trinajstić information content (AvgIpc) is 2.85. The number of Topliss-reactive ketones (excluding diaryl/α,β-unsaturated/α-hetero) is 1. The topological polar surface area (TPSA) is 45.8 Å². The Morgan fingerprint density at radius 2 is 2.11 bits per heavy atom. The fourth-order valence-corrected chi connectivity index (χ4v) is 1.87. The summed E-state index contributed by atoms with van der Waals surface area (Å²) in [4.78, 5) is 12.2. The minimum absolute atomic E-state index is 0.188. The predicted octanol–water partition coefficient (Wildman–Crippen LogP) is 3.08. The number of nitrogens with zero attached hydrogens (tertiary/aromatic N) is 2. The van der Waals surface area contributed by atoms with E-state index in [9.17, 15) is 13.6 Å². The van der Waals surface area contributed by atoms with Crippen molar-refractivity contribution in [2.75, 3.05) is 0 Å². The zero-order valence-electron chi connectivity index (χ0n) is 10.1. The molecule has 0 saturated carbocycles. The largest absolute Gasteiger partial charge is 0.329 e. The Bertz CT molecular complexity index is 670. The third-order valence-electron chi connectivity index (χ3n) is 2.89. The van der Waals surface area contributed by atoms with Crippen LogP contribution in [-0.2, 0) is 0 Å². The quantitative estimate of drug-likeness (QED) is 0.796. The summed E-state index contributed by atoms with van der Waals surface area (Å²) in [5.74, 6) is -2.15. The van der Waals surface area contributed by atoms with Gasteiger partial charge in [-0.25, -0.2) is 8.78 Å². The molecule has 1 aromatic carbocycles. The molecule has 0 saturated heterocycles. The van der Waals surface area contributed by atoms with Crippen molar-refractivity contribution in [1.82, 2.24) is 4.57 Å². The van der Waals surface area contributed by atoms with Crippen LogP contribution in [0.15, 0.2) is 36.5 Å². The van der Waals surface area contributed by atoms with Gasteiger partial charge in [-0.1, -0.05) is 0 Å². The smallest absolute Gasteiger partial charge is 0.188 e. The maximum atomic E-state index is 13.6. The van der Waals surface area contributed by atoms with Crippen LogP contribution >= 0.6 is 0 Å². The SMILES string of the molecule is CC(C(=O)c1ccc(F)cc1F)n1cccc1C#N. The zero-order chi connectivity index (χ0) is 14.0. The van der Waals surface area contributed by atoms with Gasteiger partial charge >= 0.3 is 0 Å². The van der Waals surface area contributed by atoms with Crippen LogP contribution in [0.5, 0.6) is 0 Å². The van der Waals surface area contributed by atoms with Crippen molar-refractivity contribution in [3.8, 4) is 6.07 Å². The van der Waals surface area contributed by atoms with Crippen molar-refractivity contribution >= 4 is 5.78 Å². The molecule has 2 rings (SSSR count). The van der Waals surface area contributed by atoms with Crippen LogP contribution < -0.4 is 0 Å². The summed E-state index contributed by atoms with van der Waals surface area (Å²) >= 11 is 0. The van der Waals surface area contributed by atoms with Crippen LogP contribution in [0.1, 0.15) is 29.0 Å². The number of hydrogen-bond donors (Lipinski definition) is 0. The van der Waals surface area contributed by atoms with Crippen LogP contribution in [0, 0.1) is 23.0 Å². The van der Waals surface area contributed by atoms with E-state index in [0.29, 0.717) is 11.8 Å². The molecule has 0 amide bonds. The lowest BCUT2D eigenvalue weighted by atomic mass is 10.0. The Morgan fingerprint density at radius 3 is 2.74 bits per heavy atom. The van der Waals surface area contributed by atoms with Gasteiger partial charge in [0.05, 0.1) is 11.6 Å². The maximum absolute atomic E-state index is 13.6. The van der Waals surface area contributed by atoms with Gasteiger partial charge in [-0.3, -0.25) is 4.79 Å². The second-order valence-electron chi connectivity index (χ2n) is 4.08. The number of aromatic nitrogens is 1. The van der Waals surface area contributed by atoms with Gasteiger partial charge in [0.25, 0.3) is 0 Å². The number of rotatable bonds is 3. The molecule has 5 heteroatoms. The van der Waals surface area contributed by atoms with Gasteiger partial charge in [-0.05, 0) is 31.2 Å². The van der Waals surface area contributed by atoms with E-state index in [4.69, 9.17) is 5.26 Å². The second-order valence-corrected chi connectivity index (χ2v) is 4.08. The molecule has 0 aliphatic heterocycles. The molecule has 1 heterocycles. The highest BCUT2D eigenvalue weighted by Gasteiger charge is 2.21. The lowest BCUT2D eigenvalue weighted by Crippen LogP contribution is -2.18. The van der Waals surface area contributed by atoms with Gasteiger partial charge in [-0.2, -0.15) is 5.26 Å². The van der Waals surface area contributed by atoms with Gasteiger partial charge in [0, 0.05) is 12.3 Å². The van der Waals surface area contributed by atoms with E-state index in [0.717, 1.165) is 12.1 Å². The lowest BCUT2D eigenvalue weighted by Gasteiger charge is -2.14. The van der Waals surface area contributed by atoms with Crippen LogP contribution in [0.4, 0.5) is 8.78 Å². The second kappa shape index (κ2) is 5.02. The van der Waals surface area contributed by atoms with E-state index in [2.05, 4.69) is 0 Å². The van der Waals surface area contributed by atoms with E-state index in [1.165, 1.54) is 4.57 Å². The Hall–Kier alpha value is -2.48. The third kappa shape index (κ3) is 2.38. The lowest BCUT2D eigenvalue weighted by molar-refractivity contribution is 0.0930. The van der Waals surface area contributed by atoms with Gasteiger partial charge < -0.3 is 4.57 Å². The first-order valence-corrected chi connectivity index (χ1v) is 5.61. The monoisotopic (exact) mass is 260 g/mol. The van der Waals surface area contributed by atoms with Gasteiger partial charge in [0.15, 0.2) is 5.78 Å². The number of nitriles is 1. The van der Waals surface area contributed by atoms with Crippen molar-refractivity contribution in [1.29, 1.82) is 5.26 Å². The normalized spacial score (nSPS) is 11.9. The third-order valence-corrected chi connectivity index (χ3v) is 2.89. The first-order chi connectivity index (χ1) is 9.04. The van der Waals surface area contributed by atoms with E-state index < -0.39 is 23.5 Å². The number of carbonyl (C=O) groups is 1. The first-order valence-electron chi connectivity index (χ1n) is 5.61. The maximum Gasteiger partial charge on any atom is 0.188 e. The van der Waals surface area contributed by atoms with Crippen molar-refractivity contribution < 1.29 is 13.6 Å². The van der Waals surface area contributed by atoms with Gasteiger partial charge in [0.2, 0.25) is 0 Å². The Labute approximate surface area is 108 Å². The number of halogens is 2. The molecule has 1 unspecified atom stereocenters. The van der Waals surface area contributed by atoms with Gasteiger partial charge in [0.1, 0.15) is 23.4 Å². The molecule has 1 atom stereocenters. The molecule has 0 spiro atoms. The number of ketones is 1. The highest BCUT2D eigenvalue weighted by atomic mass is 19.1. The highest BCUT2D eigenvalue weighted by Crippen LogP contribution is 2.19. The molecule has 0 bridgehead atoms. The summed E-state index contributed by atoms with van der Waals surface area (Å²) in [7, 11) is 0. The molecule has 19 heavy (non-hydrogen) atoms. The highest BCUT2D eigenvalue weighted by molar-refractivity contribution is 5.99. The average molecular weight is 260 g/mol.